The highest BCUT2D eigenvalue weighted by Gasteiger charge is 2.47. The highest BCUT2D eigenvalue weighted by atomic mass is 16.5. The third-order valence-electron chi connectivity index (χ3n) is 5.78. The Bertz CT molecular complexity index is 483. The van der Waals surface area contributed by atoms with E-state index >= 15 is 0 Å². The Labute approximate surface area is 138 Å². The highest BCUT2D eigenvalue weighted by Crippen LogP contribution is 2.41. The summed E-state index contributed by atoms with van der Waals surface area (Å²) in [7, 11) is 1.67. The van der Waals surface area contributed by atoms with Gasteiger partial charge in [-0.25, -0.2) is 0 Å². The van der Waals surface area contributed by atoms with Crippen molar-refractivity contribution >= 4 is 11.8 Å². The third kappa shape index (κ3) is 3.30. The number of hydrogen-bond donors (Lipinski definition) is 0. The van der Waals surface area contributed by atoms with E-state index in [0.717, 1.165) is 58.2 Å². The smallest absolute Gasteiger partial charge is 0.229 e. The van der Waals surface area contributed by atoms with Crippen LogP contribution in [0.1, 0.15) is 38.5 Å². The molecule has 0 unspecified atom stereocenters. The van der Waals surface area contributed by atoms with Crippen LogP contribution in [0.4, 0.5) is 0 Å². The molecule has 0 aromatic heterocycles. The molecule has 0 aromatic carbocycles. The normalized spacial score (nSPS) is 28.8. The number of likely N-dealkylation sites (tertiary alicyclic amines) is 2. The summed E-state index contributed by atoms with van der Waals surface area (Å²) in [6.07, 6.45) is 9.59. The molecule has 23 heavy (non-hydrogen) atoms. The Morgan fingerprint density at radius 3 is 2.70 bits per heavy atom. The molecule has 5 nitrogen and oxygen atoms in total. The second-order valence-electron chi connectivity index (χ2n) is 7.13. The molecule has 128 valence electrons. The average molecular weight is 320 g/mol. The fraction of sp³-hybridized carbons (Fsp3) is 0.778. The van der Waals surface area contributed by atoms with Gasteiger partial charge >= 0.3 is 0 Å². The fourth-order valence-corrected chi connectivity index (χ4v) is 4.26. The first-order valence-electron chi connectivity index (χ1n) is 8.88. The van der Waals surface area contributed by atoms with E-state index in [2.05, 4.69) is 12.2 Å². The Balaban J connectivity index is 1.60. The number of carbonyl (C=O) groups excluding carboxylic acids is 2. The Morgan fingerprint density at radius 2 is 1.96 bits per heavy atom. The van der Waals surface area contributed by atoms with Gasteiger partial charge in [0.05, 0.1) is 12.0 Å². The standard InChI is InChI=1S/C18H28N2O3/c1-23-14-13-20-12-9-18(17(20)22)7-4-10-19(11-8-18)16(21)15-5-2-3-6-15/h2-3,15H,4-14H2,1H3/t18-/m1/s1. The number of nitrogens with zero attached hydrogens (tertiary/aromatic N) is 2. The number of rotatable bonds is 4. The zero-order valence-electron chi connectivity index (χ0n) is 14.1. The van der Waals surface area contributed by atoms with Gasteiger partial charge in [-0.3, -0.25) is 9.59 Å². The van der Waals surface area contributed by atoms with Gasteiger partial charge in [0, 0.05) is 39.2 Å². The van der Waals surface area contributed by atoms with Crippen molar-refractivity contribution in [3.05, 3.63) is 12.2 Å². The summed E-state index contributed by atoms with van der Waals surface area (Å²) in [5.41, 5.74) is -0.225. The van der Waals surface area contributed by atoms with Crippen molar-refractivity contribution in [1.82, 2.24) is 9.80 Å². The van der Waals surface area contributed by atoms with Gasteiger partial charge < -0.3 is 14.5 Å². The van der Waals surface area contributed by atoms with E-state index in [0.29, 0.717) is 13.2 Å². The van der Waals surface area contributed by atoms with Crippen LogP contribution < -0.4 is 0 Å². The van der Waals surface area contributed by atoms with Crippen molar-refractivity contribution in [3.63, 3.8) is 0 Å². The minimum Gasteiger partial charge on any atom is -0.383 e. The lowest BCUT2D eigenvalue weighted by Gasteiger charge is -2.27. The Morgan fingerprint density at radius 1 is 1.22 bits per heavy atom. The number of methoxy groups -OCH3 is 1. The zero-order chi connectivity index (χ0) is 16.3. The van der Waals surface area contributed by atoms with Gasteiger partial charge in [0.15, 0.2) is 0 Å². The Kier molecular flexibility index (Phi) is 5.05. The largest absolute Gasteiger partial charge is 0.383 e. The Hall–Kier alpha value is -1.36. The zero-order valence-corrected chi connectivity index (χ0v) is 14.1. The maximum Gasteiger partial charge on any atom is 0.229 e. The molecule has 0 N–H and O–H groups in total. The maximum atomic E-state index is 12.8. The number of amides is 2. The van der Waals surface area contributed by atoms with Gasteiger partial charge in [-0.05, 0) is 38.5 Å². The number of allylic oxidation sites excluding steroid dienone is 2. The monoisotopic (exact) mass is 320 g/mol. The molecule has 0 saturated carbocycles. The molecule has 2 fully saturated rings. The van der Waals surface area contributed by atoms with Crippen LogP contribution in [-0.4, -0.2) is 61.5 Å². The summed E-state index contributed by atoms with van der Waals surface area (Å²) >= 11 is 0. The van der Waals surface area contributed by atoms with Gasteiger partial charge in [-0.2, -0.15) is 0 Å². The fourth-order valence-electron chi connectivity index (χ4n) is 4.26. The summed E-state index contributed by atoms with van der Waals surface area (Å²) in [6.45, 7) is 3.67. The van der Waals surface area contributed by atoms with Crippen molar-refractivity contribution < 1.29 is 14.3 Å². The van der Waals surface area contributed by atoms with Gasteiger partial charge in [0.25, 0.3) is 0 Å². The second-order valence-corrected chi connectivity index (χ2v) is 7.13. The third-order valence-corrected chi connectivity index (χ3v) is 5.78. The summed E-state index contributed by atoms with van der Waals surface area (Å²) in [5, 5.41) is 0. The van der Waals surface area contributed by atoms with Crippen LogP contribution >= 0.6 is 0 Å². The predicted molar refractivity (Wildman–Crippen MR) is 87.8 cm³/mol. The summed E-state index contributed by atoms with van der Waals surface area (Å²) in [5.74, 6) is 0.710. The lowest BCUT2D eigenvalue weighted by atomic mass is 9.79. The molecular weight excluding hydrogens is 292 g/mol. The first-order valence-corrected chi connectivity index (χ1v) is 8.88. The molecule has 1 atom stereocenters. The lowest BCUT2D eigenvalue weighted by molar-refractivity contribution is -0.138. The van der Waals surface area contributed by atoms with Crippen LogP contribution in [0.5, 0.6) is 0 Å². The van der Waals surface area contributed by atoms with E-state index < -0.39 is 0 Å². The maximum absolute atomic E-state index is 12.8. The van der Waals surface area contributed by atoms with Crippen molar-refractivity contribution in [2.24, 2.45) is 11.3 Å². The van der Waals surface area contributed by atoms with Crippen molar-refractivity contribution in [2.75, 3.05) is 39.9 Å². The van der Waals surface area contributed by atoms with Gasteiger partial charge in [0.1, 0.15) is 0 Å². The van der Waals surface area contributed by atoms with E-state index in [1.807, 2.05) is 9.80 Å². The van der Waals surface area contributed by atoms with Crippen LogP contribution in [-0.2, 0) is 14.3 Å². The van der Waals surface area contributed by atoms with Crippen molar-refractivity contribution in [2.45, 2.75) is 38.5 Å². The molecule has 1 spiro atoms. The number of hydrogen-bond acceptors (Lipinski definition) is 3. The summed E-state index contributed by atoms with van der Waals surface area (Å²) in [4.78, 5) is 29.4. The minimum absolute atomic E-state index is 0.140. The van der Waals surface area contributed by atoms with E-state index in [4.69, 9.17) is 4.74 Å². The number of ether oxygens (including phenoxy) is 1. The molecule has 2 amide bonds. The minimum atomic E-state index is -0.225. The van der Waals surface area contributed by atoms with Gasteiger partial charge in [-0.15, -0.1) is 0 Å². The molecule has 0 bridgehead atoms. The molecule has 0 aromatic rings. The van der Waals surface area contributed by atoms with Crippen LogP contribution in [0, 0.1) is 11.3 Å². The second kappa shape index (κ2) is 7.04. The first-order chi connectivity index (χ1) is 11.2. The van der Waals surface area contributed by atoms with Gasteiger partial charge in [0.2, 0.25) is 11.8 Å². The van der Waals surface area contributed by atoms with Crippen molar-refractivity contribution in [1.29, 1.82) is 0 Å². The van der Waals surface area contributed by atoms with E-state index in [1.165, 1.54) is 0 Å². The van der Waals surface area contributed by atoms with Crippen LogP contribution in [0.3, 0.4) is 0 Å². The molecular formula is C18H28N2O3. The van der Waals surface area contributed by atoms with Crippen LogP contribution in [0.15, 0.2) is 12.2 Å². The van der Waals surface area contributed by atoms with Crippen LogP contribution in [0.25, 0.3) is 0 Å². The molecule has 1 aliphatic carbocycles. The molecule has 5 heteroatoms. The summed E-state index contributed by atoms with van der Waals surface area (Å²) in [6, 6.07) is 0. The quantitative estimate of drug-likeness (QED) is 0.743. The molecule has 2 aliphatic heterocycles. The predicted octanol–water partition coefficient (Wildman–Crippen LogP) is 1.83. The topological polar surface area (TPSA) is 49.9 Å². The lowest BCUT2D eigenvalue weighted by Crippen LogP contribution is -2.39. The van der Waals surface area contributed by atoms with E-state index in [9.17, 15) is 9.59 Å². The molecule has 2 heterocycles. The first kappa shape index (κ1) is 16.5. The van der Waals surface area contributed by atoms with E-state index in [-0.39, 0.29) is 23.1 Å². The van der Waals surface area contributed by atoms with Gasteiger partial charge in [-0.1, -0.05) is 12.2 Å². The van der Waals surface area contributed by atoms with Crippen molar-refractivity contribution in [3.8, 4) is 0 Å². The molecule has 3 rings (SSSR count). The summed E-state index contributed by atoms with van der Waals surface area (Å²) < 4.78 is 5.11. The molecule has 3 aliphatic rings. The average Bonchev–Trinajstić information content (AvgIpc) is 3.12. The number of carbonyl (C=O) groups is 2. The SMILES string of the molecule is COCCN1CC[C@]2(CCCN(C(=O)C3CC=CC3)CC2)C1=O. The van der Waals surface area contributed by atoms with Crippen LogP contribution in [0.2, 0.25) is 0 Å². The highest BCUT2D eigenvalue weighted by molar-refractivity contribution is 5.85. The molecule has 0 radical (unpaired) electrons. The van der Waals surface area contributed by atoms with E-state index in [1.54, 1.807) is 7.11 Å². The molecule has 2 saturated heterocycles.